The SMILES string of the molecule is CC(CC(=O)O)(C(=O)O)c1ccc(Oc2cnc(NC(=O)C(OC3CCOCC3)c3ccc(S(=O)(=O)C4CC4)cc3)s2)cc1. The van der Waals surface area contributed by atoms with Crippen LogP contribution in [-0.4, -0.2) is 66.0 Å². The van der Waals surface area contributed by atoms with Crippen LogP contribution in [-0.2, 0) is 39.1 Å². The van der Waals surface area contributed by atoms with Gasteiger partial charge in [-0.3, -0.25) is 19.7 Å². The smallest absolute Gasteiger partial charge is 0.314 e. The molecule has 1 aliphatic carbocycles. The number of aromatic nitrogens is 1. The van der Waals surface area contributed by atoms with Crippen LogP contribution >= 0.6 is 11.3 Å². The van der Waals surface area contributed by atoms with E-state index in [1.54, 1.807) is 12.1 Å². The summed E-state index contributed by atoms with van der Waals surface area (Å²) in [5.74, 6) is -2.60. The zero-order valence-electron chi connectivity index (χ0n) is 23.8. The average Bonchev–Trinajstić information content (AvgIpc) is 3.78. The summed E-state index contributed by atoms with van der Waals surface area (Å²) in [6, 6.07) is 12.3. The largest absolute Gasteiger partial charge is 0.481 e. The van der Waals surface area contributed by atoms with Crippen molar-refractivity contribution in [3.05, 3.63) is 65.9 Å². The highest BCUT2D eigenvalue weighted by Gasteiger charge is 2.38. The third kappa shape index (κ3) is 7.26. The molecule has 12 nitrogen and oxygen atoms in total. The summed E-state index contributed by atoms with van der Waals surface area (Å²) < 4.78 is 42.7. The lowest BCUT2D eigenvalue weighted by Crippen LogP contribution is -2.34. The quantitative estimate of drug-likeness (QED) is 0.237. The Morgan fingerprint density at radius 3 is 2.30 bits per heavy atom. The second kappa shape index (κ2) is 13.0. The van der Waals surface area contributed by atoms with Crippen LogP contribution in [0.5, 0.6) is 10.8 Å². The Balaban J connectivity index is 1.28. The maximum atomic E-state index is 13.5. The molecule has 1 saturated carbocycles. The number of sulfone groups is 1. The molecule has 1 saturated heterocycles. The Kier molecular flexibility index (Phi) is 9.34. The summed E-state index contributed by atoms with van der Waals surface area (Å²) in [7, 11) is -3.38. The number of nitrogens with one attached hydrogen (secondary N) is 1. The molecular formula is C30H32N2O10S2. The first kappa shape index (κ1) is 31.6. The fourth-order valence-electron chi connectivity index (χ4n) is 4.85. The van der Waals surface area contributed by atoms with E-state index < -0.39 is 45.6 Å². The van der Waals surface area contributed by atoms with E-state index in [4.69, 9.17) is 19.3 Å². The molecule has 1 aliphatic heterocycles. The predicted octanol–water partition coefficient (Wildman–Crippen LogP) is 4.56. The van der Waals surface area contributed by atoms with Crippen LogP contribution in [0.15, 0.2) is 59.6 Å². The molecule has 44 heavy (non-hydrogen) atoms. The van der Waals surface area contributed by atoms with Gasteiger partial charge in [0, 0.05) is 13.2 Å². The number of carboxylic acid groups (broad SMARTS) is 2. The van der Waals surface area contributed by atoms with Crippen LogP contribution in [0.4, 0.5) is 5.13 Å². The molecule has 2 aromatic carbocycles. The molecule has 0 spiro atoms. The normalized spacial score (nSPS) is 17.8. The van der Waals surface area contributed by atoms with Gasteiger partial charge in [0.15, 0.2) is 21.1 Å². The lowest BCUT2D eigenvalue weighted by Gasteiger charge is -2.27. The maximum Gasteiger partial charge on any atom is 0.314 e. The molecule has 3 N–H and O–H groups in total. The van der Waals surface area contributed by atoms with Crippen molar-refractivity contribution in [2.45, 2.75) is 66.8 Å². The van der Waals surface area contributed by atoms with E-state index in [0.717, 1.165) is 11.3 Å². The van der Waals surface area contributed by atoms with Crippen LogP contribution in [0, 0.1) is 0 Å². The topological polar surface area (TPSA) is 178 Å². The van der Waals surface area contributed by atoms with Gasteiger partial charge < -0.3 is 24.4 Å². The summed E-state index contributed by atoms with van der Waals surface area (Å²) in [4.78, 5) is 40.9. The molecule has 2 heterocycles. The van der Waals surface area contributed by atoms with E-state index in [2.05, 4.69) is 10.3 Å². The zero-order valence-corrected chi connectivity index (χ0v) is 25.4. The van der Waals surface area contributed by atoms with Gasteiger partial charge in [0.25, 0.3) is 5.91 Å². The second-order valence-electron chi connectivity index (χ2n) is 10.9. The first-order valence-electron chi connectivity index (χ1n) is 14.0. The summed E-state index contributed by atoms with van der Waals surface area (Å²) >= 11 is 1.06. The average molecular weight is 645 g/mol. The number of amides is 1. The lowest BCUT2D eigenvalue weighted by atomic mass is 9.79. The molecule has 5 rings (SSSR count). The number of hydrogen-bond donors (Lipinski definition) is 3. The number of ether oxygens (including phenoxy) is 3. The number of hydrogen-bond acceptors (Lipinski definition) is 10. The summed E-state index contributed by atoms with van der Waals surface area (Å²) in [5.41, 5.74) is -0.791. The standard InChI is InChI=1S/C30H32N2O10S2/c1-30(28(36)37,16-24(33)34)19-4-6-20(7-5-19)41-25-17-31-29(43-25)32-27(35)26(42-21-12-14-40-15-13-21)18-2-8-22(9-3-18)44(38,39)23-10-11-23/h2-9,17,21,23,26H,10-16H2,1H3,(H,33,34)(H,36,37)(H,31,32,35). The van der Waals surface area contributed by atoms with Gasteiger partial charge in [0.05, 0.1) is 28.9 Å². The maximum absolute atomic E-state index is 13.5. The molecule has 0 bridgehead atoms. The highest BCUT2D eigenvalue weighted by Crippen LogP contribution is 2.36. The van der Waals surface area contributed by atoms with Gasteiger partial charge in [-0.25, -0.2) is 13.4 Å². The number of carbonyl (C=O) groups is 3. The molecular weight excluding hydrogens is 612 g/mol. The highest BCUT2D eigenvalue weighted by atomic mass is 32.2. The Morgan fingerprint density at radius 2 is 1.70 bits per heavy atom. The molecule has 14 heteroatoms. The minimum absolute atomic E-state index is 0.217. The van der Waals surface area contributed by atoms with E-state index in [9.17, 15) is 27.9 Å². The molecule has 1 aromatic heterocycles. The minimum atomic E-state index is -3.38. The van der Waals surface area contributed by atoms with Crippen LogP contribution in [0.3, 0.4) is 0 Å². The molecule has 3 aromatic rings. The zero-order chi connectivity index (χ0) is 31.5. The van der Waals surface area contributed by atoms with E-state index >= 15 is 0 Å². The molecule has 2 aliphatic rings. The van der Waals surface area contributed by atoms with Crippen LogP contribution < -0.4 is 10.1 Å². The number of carbonyl (C=O) groups excluding carboxylic acids is 1. The lowest BCUT2D eigenvalue weighted by molar-refractivity contribution is -0.149. The third-order valence-corrected chi connectivity index (χ3v) is 10.7. The predicted molar refractivity (Wildman–Crippen MR) is 159 cm³/mol. The Bertz CT molecular complexity index is 1610. The van der Waals surface area contributed by atoms with Crippen LogP contribution in [0.2, 0.25) is 0 Å². The number of anilines is 1. The van der Waals surface area contributed by atoms with Crippen molar-refractivity contribution in [2.24, 2.45) is 0 Å². The van der Waals surface area contributed by atoms with Crippen LogP contribution in [0.1, 0.15) is 56.3 Å². The van der Waals surface area contributed by atoms with Gasteiger partial charge in [-0.15, -0.1) is 0 Å². The van der Waals surface area contributed by atoms with Gasteiger partial charge in [0.2, 0.25) is 5.06 Å². The Labute approximate surface area is 257 Å². The van der Waals surface area contributed by atoms with Gasteiger partial charge in [-0.1, -0.05) is 35.6 Å². The summed E-state index contributed by atoms with van der Waals surface area (Å²) in [5, 5.41) is 21.8. The fourth-order valence-corrected chi connectivity index (χ4v) is 7.19. The first-order valence-corrected chi connectivity index (χ1v) is 16.4. The minimum Gasteiger partial charge on any atom is -0.481 e. The van der Waals surface area contributed by atoms with Crippen molar-refractivity contribution in [3.8, 4) is 10.8 Å². The van der Waals surface area contributed by atoms with Gasteiger partial charge in [-0.2, -0.15) is 0 Å². The van der Waals surface area contributed by atoms with E-state index in [1.807, 2.05) is 0 Å². The molecule has 2 atom stereocenters. The summed E-state index contributed by atoms with van der Waals surface area (Å²) in [6.07, 6.45) is 2.15. The fraction of sp³-hybridized carbons (Fsp3) is 0.400. The van der Waals surface area contributed by atoms with E-state index in [-0.39, 0.29) is 21.4 Å². The second-order valence-corrected chi connectivity index (χ2v) is 14.2. The third-order valence-electron chi connectivity index (χ3n) is 7.61. The number of benzene rings is 2. The molecule has 2 unspecified atom stereocenters. The molecule has 0 radical (unpaired) electrons. The molecule has 234 valence electrons. The number of nitrogens with zero attached hydrogens (tertiary/aromatic N) is 1. The van der Waals surface area contributed by atoms with Crippen molar-refractivity contribution >= 4 is 44.2 Å². The molecule has 2 fully saturated rings. The number of aliphatic carboxylic acids is 2. The monoisotopic (exact) mass is 644 g/mol. The summed E-state index contributed by atoms with van der Waals surface area (Å²) in [6.45, 7) is 2.38. The Hall–Kier alpha value is -3.85. The van der Waals surface area contributed by atoms with Crippen molar-refractivity contribution in [1.29, 1.82) is 0 Å². The number of rotatable bonds is 13. The van der Waals surface area contributed by atoms with Crippen molar-refractivity contribution in [1.82, 2.24) is 4.98 Å². The van der Waals surface area contributed by atoms with Crippen molar-refractivity contribution in [3.63, 3.8) is 0 Å². The van der Waals surface area contributed by atoms with Crippen LogP contribution in [0.25, 0.3) is 0 Å². The van der Waals surface area contributed by atoms with Gasteiger partial charge in [0.1, 0.15) is 11.2 Å². The first-order chi connectivity index (χ1) is 21.0. The van der Waals surface area contributed by atoms with Crippen molar-refractivity contribution in [2.75, 3.05) is 18.5 Å². The van der Waals surface area contributed by atoms with E-state index in [0.29, 0.717) is 60.8 Å². The highest BCUT2D eigenvalue weighted by molar-refractivity contribution is 7.92. The van der Waals surface area contributed by atoms with Gasteiger partial charge >= 0.3 is 11.9 Å². The Morgan fingerprint density at radius 1 is 1.05 bits per heavy atom. The number of thiazole rings is 1. The van der Waals surface area contributed by atoms with E-state index in [1.165, 1.54) is 49.5 Å². The van der Waals surface area contributed by atoms with Crippen molar-refractivity contribution < 1.29 is 47.2 Å². The molecule has 1 amide bonds. The number of carboxylic acids is 2. The van der Waals surface area contributed by atoms with Gasteiger partial charge in [-0.05, 0) is 68.0 Å².